The van der Waals surface area contributed by atoms with Gasteiger partial charge in [0.1, 0.15) is 5.75 Å². The van der Waals surface area contributed by atoms with Crippen LogP contribution in [0.15, 0.2) is 12.1 Å². The number of hydrogen-bond donors (Lipinski definition) is 2. The molecule has 0 aliphatic heterocycles. The molecule has 1 fully saturated rings. The van der Waals surface area contributed by atoms with Gasteiger partial charge in [0, 0.05) is 12.1 Å². The summed E-state index contributed by atoms with van der Waals surface area (Å²) in [6, 6.07) is 3.38. The Bertz CT molecular complexity index is 501. The van der Waals surface area contributed by atoms with Gasteiger partial charge in [0.2, 0.25) is 5.91 Å². The second-order valence-corrected chi connectivity index (χ2v) is 5.03. The molecule has 1 saturated carbocycles. The summed E-state index contributed by atoms with van der Waals surface area (Å²) in [7, 11) is 4.65. The highest BCUT2D eigenvalue weighted by Gasteiger charge is 2.21. The van der Waals surface area contributed by atoms with Crippen molar-refractivity contribution in [2.75, 3.05) is 39.7 Å². The van der Waals surface area contributed by atoms with E-state index >= 15 is 0 Å². The average molecular weight is 294 g/mol. The lowest BCUT2D eigenvalue weighted by Gasteiger charge is -2.15. The van der Waals surface area contributed by atoms with Gasteiger partial charge < -0.3 is 24.8 Å². The van der Waals surface area contributed by atoms with E-state index in [1.165, 1.54) is 12.8 Å². The van der Waals surface area contributed by atoms with Crippen LogP contribution in [-0.2, 0) is 4.79 Å². The molecule has 2 rings (SSSR count). The molecule has 21 heavy (non-hydrogen) atoms. The molecule has 0 saturated heterocycles. The van der Waals surface area contributed by atoms with E-state index in [-0.39, 0.29) is 12.5 Å². The van der Waals surface area contributed by atoms with Gasteiger partial charge in [-0.25, -0.2) is 0 Å². The van der Waals surface area contributed by atoms with Crippen LogP contribution >= 0.6 is 0 Å². The van der Waals surface area contributed by atoms with E-state index < -0.39 is 0 Å². The first-order chi connectivity index (χ1) is 10.2. The van der Waals surface area contributed by atoms with Crippen LogP contribution < -0.4 is 24.8 Å². The highest BCUT2D eigenvalue weighted by Crippen LogP contribution is 2.37. The molecule has 0 aromatic heterocycles. The molecule has 6 nitrogen and oxygen atoms in total. The fourth-order valence-corrected chi connectivity index (χ4v) is 2.03. The van der Waals surface area contributed by atoms with Crippen LogP contribution in [0.2, 0.25) is 0 Å². The van der Waals surface area contributed by atoms with Crippen LogP contribution in [0.3, 0.4) is 0 Å². The van der Waals surface area contributed by atoms with Crippen LogP contribution in [0.5, 0.6) is 17.2 Å². The Hall–Kier alpha value is -1.95. The van der Waals surface area contributed by atoms with Crippen molar-refractivity contribution in [3.63, 3.8) is 0 Å². The molecule has 2 N–H and O–H groups in total. The van der Waals surface area contributed by atoms with E-state index in [9.17, 15) is 4.79 Å². The van der Waals surface area contributed by atoms with E-state index in [2.05, 4.69) is 10.6 Å². The molecule has 1 aliphatic carbocycles. The summed E-state index contributed by atoms with van der Waals surface area (Å²) < 4.78 is 15.7. The second-order valence-electron chi connectivity index (χ2n) is 5.03. The van der Waals surface area contributed by atoms with E-state index in [0.717, 1.165) is 12.5 Å². The molecular weight excluding hydrogens is 272 g/mol. The monoisotopic (exact) mass is 294 g/mol. The largest absolute Gasteiger partial charge is 0.494 e. The van der Waals surface area contributed by atoms with E-state index in [1.807, 2.05) is 0 Å². The lowest BCUT2D eigenvalue weighted by Crippen LogP contribution is -2.29. The first-order valence-corrected chi connectivity index (χ1v) is 6.98. The minimum atomic E-state index is -0.110. The average Bonchev–Trinajstić information content (AvgIpc) is 3.30. The van der Waals surface area contributed by atoms with Crippen molar-refractivity contribution in [2.45, 2.75) is 12.8 Å². The standard InChI is InChI=1S/C15H22N2O4/c1-19-12-7-14(21-3)13(20-2)6-11(12)17-15(18)9-16-8-10-4-5-10/h6-7,10,16H,4-5,8-9H2,1-3H3,(H,17,18). The molecule has 6 heteroatoms. The summed E-state index contributed by atoms with van der Waals surface area (Å²) in [6.07, 6.45) is 2.52. The van der Waals surface area contributed by atoms with E-state index in [4.69, 9.17) is 14.2 Å². The molecule has 0 unspecified atom stereocenters. The van der Waals surface area contributed by atoms with Crippen molar-refractivity contribution in [2.24, 2.45) is 5.92 Å². The highest BCUT2D eigenvalue weighted by atomic mass is 16.5. The minimum Gasteiger partial charge on any atom is -0.494 e. The summed E-state index contributed by atoms with van der Waals surface area (Å²) in [4.78, 5) is 11.9. The van der Waals surface area contributed by atoms with Gasteiger partial charge in [-0.05, 0) is 25.3 Å². The zero-order valence-corrected chi connectivity index (χ0v) is 12.7. The number of benzene rings is 1. The number of ether oxygens (including phenoxy) is 3. The van der Waals surface area contributed by atoms with Crippen LogP contribution in [0.25, 0.3) is 0 Å². The summed E-state index contributed by atoms with van der Waals surface area (Å²) >= 11 is 0. The van der Waals surface area contributed by atoms with Gasteiger partial charge in [-0.15, -0.1) is 0 Å². The van der Waals surface area contributed by atoms with Gasteiger partial charge in [0.15, 0.2) is 11.5 Å². The second kappa shape index (κ2) is 7.17. The van der Waals surface area contributed by atoms with Crippen molar-refractivity contribution in [3.8, 4) is 17.2 Å². The molecule has 1 aromatic carbocycles. The Morgan fingerprint density at radius 1 is 1.10 bits per heavy atom. The molecule has 0 bridgehead atoms. The SMILES string of the molecule is COc1cc(OC)c(OC)cc1NC(=O)CNCC1CC1. The summed E-state index contributed by atoms with van der Waals surface area (Å²) in [5.74, 6) is 2.26. The molecule has 1 aliphatic rings. The van der Waals surface area contributed by atoms with E-state index in [0.29, 0.717) is 22.9 Å². The molecule has 0 atom stereocenters. The first kappa shape index (κ1) is 15.4. The fraction of sp³-hybridized carbons (Fsp3) is 0.533. The Balaban J connectivity index is 2.00. The third-order valence-corrected chi connectivity index (χ3v) is 3.40. The lowest BCUT2D eigenvalue weighted by atomic mass is 10.2. The molecule has 116 valence electrons. The Kier molecular flexibility index (Phi) is 5.27. The number of amides is 1. The van der Waals surface area contributed by atoms with Crippen molar-refractivity contribution >= 4 is 11.6 Å². The zero-order chi connectivity index (χ0) is 15.2. The van der Waals surface area contributed by atoms with Crippen molar-refractivity contribution < 1.29 is 19.0 Å². The van der Waals surface area contributed by atoms with Gasteiger partial charge in [-0.1, -0.05) is 0 Å². The Labute approximate surface area is 124 Å². The third-order valence-electron chi connectivity index (χ3n) is 3.40. The first-order valence-electron chi connectivity index (χ1n) is 6.98. The van der Waals surface area contributed by atoms with E-state index in [1.54, 1.807) is 33.5 Å². The molecule has 1 aromatic rings. The van der Waals surface area contributed by atoms with Crippen LogP contribution in [0.1, 0.15) is 12.8 Å². The molecule has 0 spiro atoms. The van der Waals surface area contributed by atoms with Gasteiger partial charge in [0.05, 0.1) is 33.6 Å². The van der Waals surface area contributed by atoms with Crippen LogP contribution in [0, 0.1) is 5.92 Å². The highest BCUT2D eigenvalue weighted by molar-refractivity contribution is 5.94. The van der Waals surface area contributed by atoms with Gasteiger partial charge in [-0.2, -0.15) is 0 Å². The number of rotatable bonds is 8. The number of anilines is 1. The predicted molar refractivity (Wildman–Crippen MR) is 80.3 cm³/mol. The van der Waals surface area contributed by atoms with Gasteiger partial charge >= 0.3 is 0 Å². The summed E-state index contributed by atoms with van der Waals surface area (Å²) in [5.41, 5.74) is 0.563. The van der Waals surface area contributed by atoms with Gasteiger partial charge in [0.25, 0.3) is 0 Å². The van der Waals surface area contributed by atoms with Gasteiger partial charge in [-0.3, -0.25) is 4.79 Å². The normalized spacial score (nSPS) is 13.7. The topological polar surface area (TPSA) is 68.8 Å². The van der Waals surface area contributed by atoms with Crippen LogP contribution in [-0.4, -0.2) is 40.3 Å². The number of nitrogens with one attached hydrogen (secondary N) is 2. The Morgan fingerprint density at radius 3 is 2.29 bits per heavy atom. The molecule has 0 heterocycles. The maximum atomic E-state index is 11.9. The minimum absolute atomic E-state index is 0.110. The lowest BCUT2D eigenvalue weighted by molar-refractivity contribution is -0.115. The molecule has 0 radical (unpaired) electrons. The number of carbonyl (C=O) groups excluding carboxylic acids is 1. The maximum absolute atomic E-state index is 11.9. The van der Waals surface area contributed by atoms with Crippen molar-refractivity contribution in [1.29, 1.82) is 0 Å². The zero-order valence-electron chi connectivity index (χ0n) is 12.7. The van der Waals surface area contributed by atoms with Crippen molar-refractivity contribution in [1.82, 2.24) is 5.32 Å². The fourth-order valence-electron chi connectivity index (χ4n) is 2.03. The molecular formula is C15H22N2O4. The number of hydrogen-bond acceptors (Lipinski definition) is 5. The van der Waals surface area contributed by atoms with Crippen molar-refractivity contribution in [3.05, 3.63) is 12.1 Å². The Morgan fingerprint density at radius 2 is 1.71 bits per heavy atom. The number of carbonyl (C=O) groups is 1. The quantitative estimate of drug-likeness (QED) is 0.763. The maximum Gasteiger partial charge on any atom is 0.238 e. The van der Waals surface area contributed by atoms with Crippen LogP contribution in [0.4, 0.5) is 5.69 Å². The third kappa shape index (κ3) is 4.26. The summed E-state index contributed by atoms with van der Waals surface area (Å²) in [6.45, 7) is 1.19. The number of methoxy groups -OCH3 is 3. The smallest absolute Gasteiger partial charge is 0.238 e. The predicted octanol–water partition coefficient (Wildman–Crippen LogP) is 1.65. The molecule has 1 amide bonds. The summed E-state index contributed by atoms with van der Waals surface area (Å²) in [5, 5.41) is 5.97.